The minimum absolute atomic E-state index is 0.00799. The molecule has 116 valence electrons. The van der Waals surface area contributed by atoms with Crippen molar-refractivity contribution in [1.82, 2.24) is 9.03 Å². The first-order chi connectivity index (χ1) is 9.79. The van der Waals surface area contributed by atoms with E-state index in [1.165, 1.54) is 14.1 Å². The number of carbonyl (C=O) groups is 1. The summed E-state index contributed by atoms with van der Waals surface area (Å²) in [7, 11) is -0.534. The Bertz CT molecular complexity index is 616. The fourth-order valence-electron chi connectivity index (χ4n) is 2.14. The Balaban J connectivity index is 1.98. The van der Waals surface area contributed by atoms with Crippen LogP contribution in [-0.2, 0) is 15.0 Å². The van der Waals surface area contributed by atoms with Crippen molar-refractivity contribution in [3.05, 3.63) is 29.3 Å². The highest BCUT2D eigenvalue weighted by Gasteiger charge is 2.31. The van der Waals surface area contributed by atoms with Gasteiger partial charge in [0.2, 0.25) is 5.91 Å². The van der Waals surface area contributed by atoms with Gasteiger partial charge in [-0.05, 0) is 30.2 Å². The van der Waals surface area contributed by atoms with Gasteiger partial charge in [-0.25, -0.2) is 4.72 Å². The lowest BCUT2D eigenvalue weighted by molar-refractivity contribution is -0.117. The van der Waals surface area contributed by atoms with Gasteiger partial charge in [0.25, 0.3) is 10.2 Å². The van der Waals surface area contributed by atoms with Gasteiger partial charge in [0.15, 0.2) is 0 Å². The molecular weight excluding hydrogens is 314 g/mol. The lowest BCUT2D eigenvalue weighted by Crippen LogP contribution is -2.38. The van der Waals surface area contributed by atoms with E-state index in [0.717, 1.165) is 9.99 Å². The Morgan fingerprint density at radius 3 is 2.52 bits per heavy atom. The summed E-state index contributed by atoms with van der Waals surface area (Å²) in [6.45, 7) is 0.743. The average molecular weight is 332 g/mol. The van der Waals surface area contributed by atoms with Crippen molar-refractivity contribution in [3.63, 3.8) is 0 Å². The summed E-state index contributed by atoms with van der Waals surface area (Å²) in [5.41, 5.74) is 0.780. The van der Waals surface area contributed by atoms with Crippen molar-refractivity contribution >= 4 is 33.4 Å². The number of anilines is 1. The summed E-state index contributed by atoms with van der Waals surface area (Å²) in [5.74, 6) is -0.0470. The Kier molecular flexibility index (Phi) is 4.88. The highest BCUT2D eigenvalue weighted by Crippen LogP contribution is 2.26. The van der Waals surface area contributed by atoms with Crippen LogP contribution in [0, 0.1) is 5.92 Å². The van der Waals surface area contributed by atoms with Crippen molar-refractivity contribution in [3.8, 4) is 0 Å². The lowest BCUT2D eigenvalue weighted by atomic mass is 10.1. The monoisotopic (exact) mass is 331 g/mol. The third-order valence-corrected chi connectivity index (χ3v) is 5.12. The maximum Gasteiger partial charge on any atom is 0.278 e. The molecular formula is C13H18ClN3O3S. The van der Waals surface area contributed by atoms with E-state index in [9.17, 15) is 13.2 Å². The molecule has 0 saturated carbocycles. The summed E-state index contributed by atoms with van der Waals surface area (Å²) < 4.78 is 26.9. The molecule has 0 spiro atoms. The fraction of sp³-hybridized carbons (Fsp3) is 0.462. The number of hydrogen-bond acceptors (Lipinski definition) is 3. The van der Waals surface area contributed by atoms with Crippen LogP contribution >= 0.6 is 11.6 Å². The molecule has 0 radical (unpaired) electrons. The highest BCUT2D eigenvalue weighted by molar-refractivity contribution is 7.87. The van der Waals surface area contributed by atoms with E-state index in [1.807, 2.05) is 0 Å². The molecule has 1 aromatic rings. The van der Waals surface area contributed by atoms with Crippen LogP contribution in [0.4, 0.5) is 5.69 Å². The lowest BCUT2D eigenvalue weighted by Gasteiger charge is -2.18. The van der Waals surface area contributed by atoms with E-state index in [1.54, 1.807) is 29.2 Å². The zero-order valence-corrected chi connectivity index (χ0v) is 13.5. The molecule has 1 aliphatic heterocycles. The second-order valence-corrected chi connectivity index (χ2v) is 7.59. The molecule has 0 aromatic heterocycles. The third kappa shape index (κ3) is 3.94. The predicted molar refractivity (Wildman–Crippen MR) is 82.5 cm³/mol. The van der Waals surface area contributed by atoms with E-state index in [4.69, 9.17) is 11.6 Å². The van der Waals surface area contributed by atoms with Crippen LogP contribution in [0.5, 0.6) is 0 Å². The molecule has 1 aromatic carbocycles. The van der Waals surface area contributed by atoms with Gasteiger partial charge in [-0.2, -0.15) is 12.7 Å². The molecule has 21 heavy (non-hydrogen) atoms. The molecule has 1 fully saturated rings. The number of benzene rings is 1. The molecule has 1 N–H and O–H groups in total. The van der Waals surface area contributed by atoms with Gasteiger partial charge in [0, 0.05) is 44.3 Å². The first-order valence-corrected chi connectivity index (χ1v) is 8.34. The first-order valence-electron chi connectivity index (χ1n) is 6.52. The summed E-state index contributed by atoms with van der Waals surface area (Å²) in [6.07, 6.45) is 0.332. The molecule has 1 heterocycles. The van der Waals surface area contributed by atoms with Gasteiger partial charge >= 0.3 is 0 Å². The number of rotatable bonds is 5. The SMILES string of the molecule is CN(C)S(=O)(=O)NC[C@@H]1CC(=O)N(c2ccc(Cl)cc2)C1. The van der Waals surface area contributed by atoms with Gasteiger partial charge in [-0.1, -0.05) is 11.6 Å². The topological polar surface area (TPSA) is 69.7 Å². The Morgan fingerprint density at radius 1 is 1.33 bits per heavy atom. The highest BCUT2D eigenvalue weighted by atomic mass is 35.5. The maximum absolute atomic E-state index is 12.0. The van der Waals surface area contributed by atoms with Gasteiger partial charge in [-0.15, -0.1) is 0 Å². The van der Waals surface area contributed by atoms with Crippen LogP contribution in [0.2, 0.25) is 5.02 Å². The average Bonchev–Trinajstić information content (AvgIpc) is 2.79. The van der Waals surface area contributed by atoms with Gasteiger partial charge in [0.1, 0.15) is 0 Å². The van der Waals surface area contributed by atoms with Crippen molar-refractivity contribution < 1.29 is 13.2 Å². The van der Waals surface area contributed by atoms with Crippen molar-refractivity contribution in [2.24, 2.45) is 5.92 Å². The predicted octanol–water partition coefficient (Wildman–Crippen LogP) is 1.09. The summed E-state index contributed by atoms with van der Waals surface area (Å²) >= 11 is 5.83. The van der Waals surface area contributed by atoms with Crippen molar-refractivity contribution in [2.75, 3.05) is 32.1 Å². The van der Waals surface area contributed by atoms with Crippen molar-refractivity contribution in [1.29, 1.82) is 0 Å². The Hall–Kier alpha value is -1.15. The van der Waals surface area contributed by atoms with Gasteiger partial charge < -0.3 is 4.90 Å². The quantitative estimate of drug-likeness (QED) is 0.878. The molecule has 1 amide bonds. The first kappa shape index (κ1) is 16.2. The van der Waals surface area contributed by atoms with Crippen LogP contribution in [0.25, 0.3) is 0 Å². The van der Waals surface area contributed by atoms with E-state index in [-0.39, 0.29) is 18.4 Å². The number of hydrogen-bond donors (Lipinski definition) is 1. The smallest absolute Gasteiger partial charge is 0.278 e. The van der Waals surface area contributed by atoms with Crippen molar-refractivity contribution in [2.45, 2.75) is 6.42 Å². The molecule has 1 saturated heterocycles. The maximum atomic E-state index is 12.0. The Labute approximate surface area is 129 Å². The molecule has 1 aliphatic rings. The van der Waals surface area contributed by atoms with Crippen LogP contribution < -0.4 is 9.62 Å². The number of nitrogens with one attached hydrogen (secondary N) is 1. The van der Waals surface area contributed by atoms with Crippen LogP contribution in [0.15, 0.2) is 24.3 Å². The molecule has 0 bridgehead atoms. The van der Waals surface area contributed by atoms with E-state index in [0.29, 0.717) is 18.0 Å². The van der Waals surface area contributed by atoms with Gasteiger partial charge in [-0.3, -0.25) is 4.79 Å². The summed E-state index contributed by atoms with van der Waals surface area (Å²) in [6, 6.07) is 7.03. The van der Waals surface area contributed by atoms with E-state index in [2.05, 4.69) is 4.72 Å². The molecule has 1 atom stereocenters. The summed E-state index contributed by atoms with van der Waals surface area (Å²) in [4.78, 5) is 13.7. The van der Waals surface area contributed by atoms with E-state index >= 15 is 0 Å². The molecule has 6 nitrogen and oxygen atoms in total. The minimum Gasteiger partial charge on any atom is -0.312 e. The number of nitrogens with zero attached hydrogens (tertiary/aromatic N) is 2. The van der Waals surface area contributed by atoms with Crippen LogP contribution in [0.3, 0.4) is 0 Å². The zero-order chi connectivity index (χ0) is 15.6. The molecule has 0 aliphatic carbocycles. The zero-order valence-electron chi connectivity index (χ0n) is 11.9. The normalized spacial score (nSPS) is 19.5. The number of halogens is 1. The molecule has 0 unspecified atom stereocenters. The minimum atomic E-state index is -3.45. The van der Waals surface area contributed by atoms with Crippen LogP contribution in [0.1, 0.15) is 6.42 Å². The third-order valence-electron chi connectivity index (χ3n) is 3.38. The molecule has 2 rings (SSSR count). The number of amides is 1. The standard InChI is InChI=1S/C13H18ClN3O3S/c1-16(2)21(19,20)15-8-10-7-13(18)17(9-10)12-5-3-11(14)4-6-12/h3-6,10,15H,7-9H2,1-2H3/t10-/m0/s1. The van der Waals surface area contributed by atoms with Crippen LogP contribution in [-0.4, -0.2) is 45.8 Å². The second-order valence-electron chi connectivity index (χ2n) is 5.19. The number of carbonyl (C=O) groups excluding carboxylic acids is 1. The van der Waals surface area contributed by atoms with E-state index < -0.39 is 10.2 Å². The largest absolute Gasteiger partial charge is 0.312 e. The second kappa shape index (κ2) is 6.31. The Morgan fingerprint density at radius 2 is 1.95 bits per heavy atom. The fourth-order valence-corrected chi connectivity index (χ4v) is 2.97. The molecule has 8 heteroatoms. The van der Waals surface area contributed by atoms with Gasteiger partial charge in [0.05, 0.1) is 0 Å². The summed E-state index contributed by atoms with van der Waals surface area (Å²) in [5, 5.41) is 0.612.